The number of carbonyl (C=O) groups is 2. The number of rotatable bonds is 8. The highest BCUT2D eigenvalue weighted by Gasteiger charge is 2.31. The number of amides is 1. The van der Waals surface area contributed by atoms with Gasteiger partial charge in [-0.05, 0) is 30.7 Å². The van der Waals surface area contributed by atoms with E-state index in [-0.39, 0.29) is 35.9 Å². The highest BCUT2D eigenvalue weighted by molar-refractivity contribution is 5.99. The standard InChI is InChI=1S/C22H29N3O4/c1-15(2)13-18(23-21(27)17-11-7-4-8-12-17)19(26)20-24-29-22(28)25(20)14-16-9-5-3-6-10-16/h3,5-6,9-10,15,17-18H,4,7-8,11-14H2,1-2H3,(H,23,27). The SMILES string of the molecule is CC(C)CC(NC(=O)C1CCCCC1)C(=O)c1noc(=O)n1Cc1ccccc1. The van der Waals surface area contributed by atoms with Gasteiger partial charge in [0.2, 0.25) is 17.5 Å². The molecule has 1 aliphatic rings. The van der Waals surface area contributed by atoms with E-state index in [1.807, 2.05) is 44.2 Å². The Morgan fingerprint density at radius 3 is 2.52 bits per heavy atom. The molecule has 0 bridgehead atoms. The van der Waals surface area contributed by atoms with E-state index >= 15 is 0 Å². The quantitative estimate of drug-likeness (QED) is 0.688. The largest absolute Gasteiger partial charge is 0.442 e. The molecule has 1 N–H and O–H groups in total. The fourth-order valence-electron chi connectivity index (χ4n) is 3.86. The second-order valence-corrected chi connectivity index (χ2v) is 8.23. The van der Waals surface area contributed by atoms with E-state index in [9.17, 15) is 14.4 Å². The molecule has 156 valence electrons. The average Bonchev–Trinajstić information content (AvgIpc) is 3.08. The van der Waals surface area contributed by atoms with E-state index in [4.69, 9.17) is 4.52 Å². The summed E-state index contributed by atoms with van der Waals surface area (Å²) >= 11 is 0. The van der Waals surface area contributed by atoms with Crippen LogP contribution in [0, 0.1) is 11.8 Å². The lowest BCUT2D eigenvalue weighted by molar-refractivity contribution is -0.126. The van der Waals surface area contributed by atoms with Gasteiger partial charge in [-0.25, -0.2) is 9.36 Å². The maximum atomic E-state index is 13.2. The Morgan fingerprint density at radius 2 is 1.86 bits per heavy atom. The lowest BCUT2D eigenvalue weighted by Crippen LogP contribution is -2.45. The van der Waals surface area contributed by atoms with Crippen LogP contribution in [0.25, 0.3) is 0 Å². The third kappa shape index (κ3) is 5.43. The van der Waals surface area contributed by atoms with Crippen LogP contribution in [0.2, 0.25) is 0 Å². The Labute approximate surface area is 170 Å². The Bertz CT molecular complexity index is 879. The van der Waals surface area contributed by atoms with Crippen molar-refractivity contribution in [3.63, 3.8) is 0 Å². The van der Waals surface area contributed by atoms with Gasteiger partial charge in [-0.1, -0.05) is 68.6 Å². The van der Waals surface area contributed by atoms with E-state index in [1.165, 1.54) is 4.57 Å². The van der Waals surface area contributed by atoms with Crippen LogP contribution in [0.4, 0.5) is 0 Å². The molecule has 0 spiro atoms. The Kier molecular flexibility index (Phi) is 7.01. The first-order valence-corrected chi connectivity index (χ1v) is 10.4. The fraction of sp³-hybridized carbons (Fsp3) is 0.545. The van der Waals surface area contributed by atoms with Gasteiger partial charge < -0.3 is 5.32 Å². The van der Waals surface area contributed by atoms with Gasteiger partial charge in [0, 0.05) is 5.92 Å². The van der Waals surface area contributed by atoms with E-state index in [1.54, 1.807) is 0 Å². The Hall–Kier alpha value is -2.70. The number of nitrogens with one attached hydrogen (secondary N) is 1. The van der Waals surface area contributed by atoms with Crippen LogP contribution in [-0.2, 0) is 11.3 Å². The van der Waals surface area contributed by atoms with Gasteiger partial charge in [0.15, 0.2) is 0 Å². The van der Waals surface area contributed by atoms with Crippen LogP contribution >= 0.6 is 0 Å². The monoisotopic (exact) mass is 399 g/mol. The number of carbonyl (C=O) groups excluding carboxylic acids is 2. The van der Waals surface area contributed by atoms with Crippen molar-refractivity contribution in [2.45, 2.75) is 65.0 Å². The molecule has 0 radical (unpaired) electrons. The molecule has 3 rings (SSSR count). The molecule has 1 unspecified atom stereocenters. The predicted octanol–water partition coefficient (Wildman–Crippen LogP) is 3.18. The molecule has 7 heteroatoms. The molecule has 1 fully saturated rings. The first kappa shape index (κ1) is 21.0. The summed E-state index contributed by atoms with van der Waals surface area (Å²) in [7, 11) is 0. The van der Waals surface area contributed by atoms with Crippen molar-refractivity contribution in [3.05, 3.63) is 52.3 Å². The van der Waals surface area contributed by atoms with Gasteiger partial charge in [0.05, 0.1) is 12.6 Å². The van der Waals surface area contributed by atoms with Gasteiger partial charge in [0.1, 0.15) is 0 Å². The first-order valence-electron chi connectivity index (χ1n) is 10.4. The molecule has 29 heavy (non-hydrogen) atoms. The van der Waals surface area contributed by atoms with E-state index in [2.05, 4.69) is 10.5 Å². The van der Waals surface area contributed by atoms with Crippen molar-refractivity contribution in [1.82, 2.24) is 15.0 Å². The summed E-state index contributed by atoms with van der Waals surface area (Å²) in [6, 6.07) is 8.61. The molecule has 7 nitrogen and oxygen atoms in total. The van der Waals surface area contributed by atoms with E-state index < -0.39 is 11.8 Å². The summed E-state index contributed by atoms with van der Waals surface area (Å²) in [5.74, 6) is -1.05. The molecule has 1 atom stereocenters. The molecule has 1 amide bonds. The third-order valence-corrected chi connectivity index (χ3v) is 5.41. The van der Waals surface area contributed by atoms with E-state index in [0.717, 1.165) is 37.7 Å². The van der Waals surface area contributed by atoms with Crippen LogP contribution in [0.5, 0.6) is 0 Å². The molecule has 1 aliphatic carbocycles. The second kappa shape index (κ2) is 9.67. The summed E-state index contributed by atoms with van der Waals surface area (Å²) in [6.07, 6.45) is 5.43. The minimum atomic E-state index is -0.726. The molecular weight excluding hydrogens is 370 g/mol. The number of nitrogens with zero attached hydrogens (tertiary/aromatic N) is 2. The molecular formula is C22H29N3O4. The van der Waals surface area contributed by atoms with Gasteiger partial charge in [-0.2, -0.15) is 0 Å². The topological polar surface area (TPSA) is 94.2 Å². The van der Waals surface area contributed by atoms with Crippen LogP contribution < -0.4 is 11.1 Å². The minimum Gasteiger partial charge on any atom is -0.346 e. The highest BCUT2D eigenvalue weighted by Crippen LogP contribution is 2.24. The summed E-state index contributed by atoms with van der Waals surface area (Å²) in [5, 5.41) is 6.67. The summed E-state index contributed by atoms with van der Waals surface area (Å²) in [4.78, 5) is 38.1. The fourth-order valence-corrected chi connectivity index (χ4v) is 3.86. The van der Waals surface area contributed by atoms with Crippen LogP contribution in [-0.4, -0.2) is 27.5 Å². The maximum Gasteiger partial charge on any atom is 0.442 e. The zero-order valence-electron chi connectivity index (χ0n) is 17.1. The normalized spacial score (nSPS) is 16.0. The molecule has 1 heterocycles. The maximum absolute atomic E-state index is 13.2. The number of aromatic nitrogens is 2. The Morgan fingerprint density at radius 1 is 1.17 bits per heavy atom. The molecule has 2 aromatic rings. The van der Waals surface area contributed by atoms with Crippen LogP contribution in [0.15, 0.2) is 39.6 Å². The van der Waals surface area contributed by atoms with Gasteiger partial charge in [0.25, 0.3) is 0 Å². The number of benzene rings is 1. The van der Waals surface area contributed by atoms with Gasteiger partial charge in [-0.3, -0.25) is 14.1 Å². The zero-order chi connectivity index (χ0) is 20.8. The minimum absolute atomic E-state index is 0.0463. The summed E-state index contributed by atoms with van der Waals surface area (Å²) < 4.78 is 6.02. The van der Waals surface area contributed by atoms with Crippen molar-refractivity contribution in [1.29, 1.82) is 0 Å². The first-order chi connectivity index (χ1) is 14.0. The van der Waals surface area contributed by atoms with Gasteiger partial charge >= 0.3 is 5.76 Å². The number of hydrogen-bond acceptors (Lipinski definition) is 5. The lowest BCUT2D eigenvalue weighted by Gasteiger charge is -2.25. The van der Waals surface area contributed by atoms with Crippen molar-refractivity contribution in [2.24, 2.45) is 11.8 Å². The van der Waals surface area contributed by atoms with Crippen LogP contribution in [0.1, 0.15) is 68.6 Å². The Balaban J connectivity index is 1.80. The molecule has 1 aromatic heterocycles. The average molecular weight is 399 g/mol. The highest BCUT2D eigenvalue weighted by atomic mass is 16.5. The predicted molar refractivity (Wildman–Crippen MR) is 109 cm³/mol. The van der Waals surface area contributed by atoms with Crippen molar-refractivity contribution < 1.29 is 14.1 Å². The third-order valence-electron chi connectivity index (χ3n) is 5.41. The lowest BCUT2D eigenvalue weighted by atomic mass is 9.88. The number of Topliss-reactive ketones (excluding diaryl/α,β-unsaturated/α-hetero) is 1. The summed E-state index contributed by atoms with van der Waals surface area (Å²) in [5.41, 5.74) is 0.860. The van der Waals surface area contributed by atoms with Crippen LogP contribution in [0.3, 0.4) is 0 Å². The van der Waals surface area contributed by atoms with Crippen molar-refractivity contribution in [3.8, 4) is 0 Å². The molecule has 0 aliphatic heterocycles. The number of hydrogen-bond donors (Lipinski definition) is 1. The smallest absolute Gasteiger partial charge is 0.346 e. The van der Waals surface area contributed by atoms with Gasteiger partial charge in [-0.15, -0.1) is 0 Å². The van der Waals surface area contributed by atoms with Crippen molar-refractivity contribution in [2.75, 3.05) is 0 Å². The zero-order valence-corrected chi connectivity index (χ0v) is 17.1. The molecule has 0 saturated heterocycles. The molecule has 1 saturated carbocycles. The second-order valence-electron chi connectivity index (χ2n) is 8.23. The summed E-state index contributed by atoms with van der Waals surface area (Å²) in [6.45, 7) is 4.18. The number of ketones is 1. The van der Waals surface area contributed by atoms with E-state index in [0.29, 0.717) is 6.42 Å². The van der Waals surface area contributed by atoms with Crippen molar-refractivity contribution >= 4 is 11.7 Å². The molecule has 1 aromatic carbocycles.